The summed E-state index contributed by atoms with van der Waals surface area (Å²) in [7, 11) is -3.99. The number of sulfone groups is 1. The van der Waals surface area contributed by atoms with Crippen molar-refractivity contribution < 1.29 is 17.6 Å². The molecular formula is C15H9ClFN3O3S2. The molecule has 1 aromatic heterocycles. The minimum atomic E-state index is -3.99. The van der Waals surface area contributed by atoms with E-state index in [2.05, 4.69) is 14.9 Å². The van der Waals surface area contributed by atoms with Crippen LogP contribution in [0.4, 0.5) is 10.1 Å². The Morgan fingerprint density at radius 2 is 1.88 bits per heavy atom. The summed E-state index contributed by atoms with van der Waals surface area (Å²) < 4.78 is 41.8. The molecule has 0 aliphatic heterocycles. The Morgan fingerprint density at radius 1 is 1.16 bits per heavy atom. The molecule has 2 aromatic carbocycles. The average Bonchev–Trinajstić information content (AvgIpc) is 3.06. The van der Waals surface area contributed by atoms with Crippen LogP contribution in [0.3, 0.4) is 0 Å². The van der Waals surface area contributed by atoms with E-state index in [9.17, 15) is 17.6 Å². The molecule has 0 bridgehead atoms. The van der Waals surface area contributed by atoms with E-state index >= 15 is 0 Å². The lowest BCUT2D eigenvalue weighted by Gasteiger charge is -2.06. The van der Waals surface area contributed by atoms with Gasteiger partial charge in [-0.25, -0.2) is 12.8 Å². The van der Waals surface area contributed by atoms with Crippen LogP contribution in [0.25, 0.3) is 0 Å². The summed E-state index contributed by atoms with van der Waals surface area (Å²) in [6, 6.07) is 10.7. The standard InChI is InChI=1S/C15H9ClFN3O3S2/c16-9-4-6-12(7-5-9)25(22,23)15-13(19-20-24-15)14(21)18-11-3-1-2-10(17)8-11/h1-8H,(H,18,21). The molecule has 1 heterocycles. The molecule has 0 radical (unpaired) electrons. The summed E-state index contributed by atoms with van der Waals surface area (Å²) in [5.41, 5.74) is -0.183. The lowest BCUT2D eigenvalue weighted by Crippen LogP contribution is -2.16. The van der Waals surface area contributed by atoms with E-state index in [0.29, 0.717) is 16.6 Å². The number of carbonyl (C=O) groups excluding carboxylic acids is 1. The third kappa shape index (κ3) is 3.68. The molecule has 0 saturated carbocycles. The molecule has 0 spiro atoms. The Hall–Kier alpha value is -2.36. The highest BCUT2D eigenvalue weighted by atomic mass is 35.5. The first-order chi connectivity index (χ1) is 11.9. The predicted molar refractivity (Wildman–Crippen MR) is 91.2 cm³/mol. The van der Waals surface area contributed by atoms with Crippen molar-refractivity contribution in [2.24, 2.45) is 0 Å². The first-order valence-corrected chi connectivity index (χ1v) is 9.41. The van der Waals surface area contributed by atoms with Gasteiger partial charge in [-0.15, -0.1) is 5.10 Å². The normalized spacial score (nSPS) is 11.3. The highest BCUT2D eigenvalue weighted by Gasteiger charge is 2.29. The monoisotopic (exact) mass is 397 g/mol. The van der Waals surface area contributed by atoms with Crippen LogP contribution in [0.5, 0.6) is 0 Å². The summed E-state index contributed by atoms with van der Waals surface area (Å²) >= 11 is 6.34. The Morgan fingerprint density at radius 3 is 2.56 bits per heavy atom. The summed E-state index contributed by atoms with van der Waals surface area (Å²) in [6.07, 6.45) is 0. The quantitative estimate of drug-likeness (QED) is 0.728. The Balaban J connectivity index is 1.94. The molecule has 0 aliphatic rings. The molecule has 128 valence electrons. The average molecular weight is 398 g/mol. The van der Waals surface area contributed by atoms with Crippen LogP contribution in [-0.2, 0) is 9.84 Å². The molecule has 0 saturated heterocycles. The molecule has 1 N–H and O–H groups in total. The molecule has 3 rings (SSSR count). The van der Waals surface area contributed by atoms with E-state index in [4.69, 9.17) is 11.6 Å². The summed E-state index contributed by atoms with van der Waals surface area (Å²) in [5.74, 6) is -1.34. The number of hydrogen-bond donors (Lipinski definition) is 1. The second-order valence-electron chi connectivity index (χ2n) is 4.83. The van der Waals surface area contributed by atoms with Crippen molar-refractivity contribution in [2.45, 2.75) is 9.10 Å². The maximum atomic E-state index is 13.2. The van der Waals surface area contributed by atoms with E-state index in [1.807, 2.05) is 0 Å². The zero-order chi connectivity index (χ0) is 18.0. The van der Waals surface area contributed by atoms with Gasteiger partial charge in [0.05, 0.1) is 4.90 Å². The fourth-order valence-corrected chi connectivity index (χ4v) is 4.39. The van der Waals surface area contributed by atoms with Crippen molar-refractivity contribution in [3.05, 3.63) is 65.1 Å². The van der Waals surface area contributed by atoms with Gasteiger partial charge in [0.1, 0.15) is 5.82 Å². The van der Waals surface area contributed by atoms with Crippen LogP contribution in [0.2, 0.25) is 5.02 Å². The molecular weight excluding hydrogens is 389 g/mol. The Labute approximate surface area is 151 Å². The summed E-state index contributed by atoms with van der Waals surface area (Å²) in [4.78, 5) is 12.3. The van der Waals surface area contributed by atoms with Crippen LogP contribution >= 0.6 is 23.1 Å². The van der Waals surface area contributed by atoms with Crippen LogP contribution in [-0.4, -0.2) is 23.9 Å². The van der Waals surface area contributed by atoms with Crippen LogP contribution in [0, 0.1) is 5.82 Å². The zero-order valence-electron chi connectivity index (χ0n) is 12.3. The van der Waals surface area contributed by atoms with Gasteiger partial charge in [-0.1, -0.05) is 22.2 Å². The third-order valence-corrected chi connectivity index (χ3v) is 6.35. The Bertz CT molecular complexity index is 1040. The molecule has 0 atom stereocenters. The molecule has 10 heteroatoms. The van der Waals surface area contributed by atoms with Crippen molar-refractivity contribution in [3.8, 4) is 0 Å². The largest absolute Gasteiger partial charge is 0.320 e. The molecule has 6 nitrogen and oxygen atoms in total. The van der Waals surface area contributed by atoms with Gasteiger partial charge in [0.15, 0.2) is 9.90 Å². The third-order valence-electron chi connectivity index (χ3n) is 3.12. The van der Waals surface area contributed by atoms with Crippen molar-refractivity contribution in [1.82, 2.24) is 9.59 Å². The second kappa shape index (κ2) is 6.87. The Kier molecular flexibility index (Phi) is 4.80. The molecule has 1 amide bonds. The number of nitrogens with one attached hydrogen (secondary N) is 1. The van der Waals surface area contributed by atoms with Gasteiger partial charge in [0.2, 0.25) is 9.84 Å². The van der Waals surface area contributed by atoms with Crippen molar-refractivity contribution in [2.75, 3.05) is 5.32 Å². The first-order valence-electron chi connectivity index (χ1n) is 6.78. The second-order valence-corrected chi connectivity index (χ2v) is 8.17. The number of nitrogens with zero attached hydrogens (tertiary/aromatic N) is 2. The van der Waals surface area contributed by atoms with Gasteiger partial charge in [0, 0.05) is 22.2 Å². The van der Waals surface area contributed by atoms with Gasteiger partial charge >= 0.3 is 0 Å². The van der Waals surface area contributed by atoms with Gasteiger partial charge in [-0.3, -0.25) is 4.79 Å². The molecule has 0 aliphatic carbocycles. The zero-order valence-corrected chi connectivity index (χ0v) is 14.7. The van der Waals surface area contributed by atoms with Gasteiger partial charge in [0.25, 0.3) is 5.91 Å². The molecule has 3 aromatic rings. The first kappa shape index (κ1) is 17.5. The number of aromatic nitrogens is 2. The van der Waals surface area contributed by atoms with E-state index in [1.165, 1.54) is 42.5 Å². The van der Waals surface area contributed by atoms with E-state index in [0.717, 1.165) is 6.07 Å². The topological polar surface area (TPSA) is 89.0 Å². The smallest absolute Gasteiger partial charge is 0.278 e. The predicted octanol–water partition coefficient (Wildman–Crippen LogP) is 3.42. The lowest BCUT2D eigenvalue weighted by atomic mass is 10.3. The van der Waals surface area contributed by atoms with E-state index in [-0.39, 0.29) is 20.5 Å². The highest BCUT2D eigenvalue weighted by molar-refractivity contribution is 7.93. The molecule has 25 heavy (non-hydrogen) atoms. The van der Waals surface area contributed by atoms with Crippen LogP contribution in [0.15, 0.2) is 57.6 Å². The number of carbonyl (C=O) groups is 1. The van der Waals surface area contributed by atoms with Gasteiger partial charge < -0.3 is 5.32 Å². The highest BCUT2D eigenvalue weighted by Crippen LogP contribution is 2.27. The minimum absolute atomic E-state index is 0.0391. The van der Waals surface area contributed by atoms with Gasteiger partial charge in [-0.2, -0.15) is 0 Å². The number of anilines is 1. The lowest BCUT2D eigenvalue weighted by molar-refractivity contribution is 0.101. The van der Waals surface area contributed by atoms with E-state index < -0.39 is 21.6 Å². The summed E-state index contributed by atoms with van der Waals surface area (Å²) in [5, 5.41) is 6.38. The minimum Gasteiger partial charge on any atom is -0.320 e. The number of benzene rings is 2. The number of halogens is 2. The fraction of sp³-hybridized carbons (Fsp3) is 0. The SMILES string of the molecule is O=C(Nc1cccc(F)c1)c1nnsc1S(=O)(=O)c1ccc(Cl)cc1. The van der Waals surface area contributed by atoms with E-state index in [1.54, 1.807) is 0 Å². The van der Waals surface area contributed by atoms with Gasteiger partial charge in [-0.05, 0) is 42.5 Å². The maximum absolute atomic E-state index is 13.2. The number of hydrogen-bond acceptors (Lipinski definition) is 6. The molecule has 0 unspecified atom stereocenters. The van der Waals surface area contributed by atoms with Crippen LogP contribution < -0.4 is 5.32 Å². The van der Waals surface area contributed by atoms with Crippen LogP contribution in [0.1, 0.15) is 10.5 Å². The maximum Gasteiger partial charge on any atom is 0.278 e. The summed E-state index contributed by atoms with van der Waals surface area (Å²) in [6.45, 7) is 0. The van der Waals surface area contributed by atoms with Crippen molar-refractivity contribution in [3.63, 3.8) is 0 Å². The fourth-order valence-electron chi connectivity index (χ4n) is 1.97. The van der Waals surface area contributed by atoms with Crippen molar-refractivity contribution >= 4 is 44.6 Å². The van der Waals surface area contributed by atoms with Crippen molar-refractivity contribution in [1.29, 1.82) is 0 Å². The number of rotatable bonds is 4. The number of amides is 1. The molecule has 0 fully saturated rings.